The molecule has 0 saturated carbocycles. The van der Waals surface area contributed by atoms with Crippen molar-refractivity contribution in [3.05, 3.63) is 52.9 Å². The van der Waals surface area contributed by atoms with Gasteiger partial charge in [0, 0.05) is 11.8 Å². The van der Waals surface area contributed by atoms with Crippen LogP contribution in [0.5, 0.6) is 0 Å². The Balaban J connectivity index is 1.87. The zero-order valence-corrected chi connectivity index (χ0v) is 21.0. The highest BCUT2D eigenvalue weighted by molar-refractivity contribution is 7.92. The van der Waals surface area contributed by atoms with Crippen LogP contribution in [0.4, 0.5) is 24.0 Å². The van der Waals surface area contributed by atoms with Crippen molar-refractivity contribution in [1.29, 1.82) is 0 Å². The number of carbonyl (C=O) groups excluding carboxylic acids is 1. The summed E-state index contributed by atoms with van der Waals surface area (Å²) in [5.74, 6) is -0.462. The lowest BCUT2D eigenvalue weighted by Gasteiger charge is -2.13. The minimum Gasteiger partial charge on any atom is -0.320 e. The van der Waals surface area contributed by atoms with E-state index in [9.17, 15) is 26.4 Å². The molecule has 0 fully saturated rings. The van der Waals surface area contributed by atoms with Gasteiger partial charge in [-0.05, 0) is 43.2 Å². The molecule has 0 unspecified atom stereocenters. The molecule has 1 amide bonds. The number of thiazole rings is 1. The number of alkyl halides is 3. The van der Waals surface area contributed by atoms with Gasteiger partial charge in [-0.25, -0.2) is 18.4 Å². The van der Waals surface area contributed by atoms with Crippen molar-refractivity contribution in [2.75, 3.05) is 10.0 Å². The number of sulfonamides is 1. The molecular weight excluding hydrogens is 527 g/mol. The predicted octanol–water partition coefficient (Wildman–Crippen LogP) is 4.91. The molecule has 3 aromatic rings. The maximum atomic E-state index is 12.8. The molecule has 8 nitrogen and oxygen atoms in total. The predicted molar refractivity (Wildman–Crippen MR) is 129 cm³/mol. The summed E-state index contributed by atoms with van der Waals surface area (Å²) in [5, 5.41) is 2.80. The maximum absolute atomic E-state index is 12.8. The van der Waals surface area contributed by atoms with E-state index in [4.69, 9.17) is 17.3 Å². The second-order valence-electron chi connectivity index (χ2n) is 7.88. The van der Waals surface area contributed by atoms with Crippen molar-refractivity contribution in [1.82, 2.24) is 9.97 Å². The molecular formula is C21H21ClF3N5O3S2. The average molecular weight is 548 g/mol. The van der Waals surface area contributed by atoms with Crippen LogP contribution in [0.1, 0.15) is 25.1 Å². The number of amides is 1. The number of hydrogen-bond acceptors (Lipinski definition) is 7. The second kappa shape index (κ2) is 10.1. The summed E-state index contributed by atoms with van der Waals surface area (Å²) in [6.07, 6.45) is -3.19. The standard InChI is InChI=1S/C21H21ClF3N5O3S2/c1-10(2)16(26)19(31)29-20-28-11(3)17(34-20)12-8-15(18(22)27-9-12)30-35(32,33)14-6-4-13(5-7-14)21(23,24)25/h4-10,16,30H,26H2,1-3H3,(H,28,29,31)/t16-/m0/s1. The fraction of sp³-hybridized carbons (Fsp3) is 0.286. The molecule has 1 atom stereocenters. The third-order valence-electron chi connectivity index (χ3n) is 4.89. The number of aryl methyl sites for hydroxylation is 1. The van der Waals surface area contributed by atoms with Crippen molar-refractivity contribution < 1.29 is 26.4 Å². The van der Waals surface area contributed by atoms with Gasteiger partial charge in [0.05, 0.1) is 32.8 Å². The average Bonchev–Trinajstić information content (AvgIpc) is 3.13. The highest BCUT2D eigenvalue weighted by Crippen LogP contribution is 2.36. The maximum Gasteiger partial charge on any atom is 0.416 e. The number of halogens is 4. The molecule has 0 aliphatic rings. The second-order valence-corrected chi connectivity index (χ2v) is 10.9. The number of nitrogens with zero attached hydrogens (tertiary/aromatic N) is 2. The van der Waals surface area contributed by atoms with E-state index in [-0.39, 0.29) is 27.6 Å². The van der Waals surface area contributed by atoms with Crippen LogP contribution in [0, 0.1) is 12.8 Å². The number of aromatic nitrogens is 2. The number of nitrogens with two attached hydrogens (primary N) is 1. The first-order valence-electron chi connectivity index (χ1n) is 10.1. The summed E-state index contributed by atoms with van der Waals surface area (Å²) in [6.45, 7) is 5.33. The third kappa shape index (κ3) is 6.28. The molecule has 0 saturated heterocycles. The van der Waals surface area contributed by atoms with Crippen LogP contribution in [0.3, 0.4) is 0 Å². The van der Waals surface area contributed by atoms with Gasteiger partial charge in [-0.15, -0.1) is 0 Å². The highest BCUT2D eigenvalue weighted by atomic mass is 35.5. The summed E-state index contributed by atoms with van der Waals surface area (Å²) in [4.78, 5) is 20.8. The van der Waals surface area contributed by atoms with E-state index < -0.39 is 27.8 Å². The van der Waals surface area contributed by atoms with Crippen molar-refractivity contribution in [2.24, 2.45) is 11.7 Å². The zero-order valence-electron chi connectivity index (χ0n) is 18.6. The van der Waals surface area contributed by atoms with Crippen LogP contribution >= 0.6 is 22.9 Å². The SMILES string of the molecule is Cc1nc(NC(=O)[C@@H](N)C(C)C)sc1-c1cnc(Cl)c(NS(=O)(=O)c2ccc(C(F)(F)F)cc2)c1. The Hall–Kier alpha value is -2.74. The van der Waals surface area contributed by atoms with E-state index in [1.807, 2.05) is 13.8 Å². The molecule has 14 heteroatoms. The zero-order chi connectivity index (χ0) is 26.1. The third-order valence-corrected chi connectivity index (χ3v) is 7.69. The van der Waals surface area contributed by atoms with Gasteiger partial charge in [0.25, 0.3) is 10.0 Å². The number of anilines is 2. The fourth-order valence-corrected chi connectivity index (χ4v) is 5.09. The van der Waals surface area contributed by atoms with Gasteiger partial charge >= 0.3 is 6.18 Å². The molecule has 0 aliphatic heterocycles. The minimum absolute atomic E-state index is 0.0729. The molecule has 4 N–H and O–H groups in total. The van der Waals surface area contributed by atoms with Crippen molar-refractivity contribution >= 4 is 49.7 Å². The lowest BCUT2D eigenvalue weighted by molar-refractivity contribution is -0.137. The number of nitrogens with one attached hydrogen (secondary N) is 2. The van der Waals surface area contributed by atoms with Crippen LogP contribution in [0.25, 0.3) is 10.4 Å². The number of carbonyl (C=O) groups is 1. The Morgan fingerprint density at radius 1 is 1.20 bits per heavy atom. The van der Waals surface area contributed by atoms with E-state index in [0.29, 0.717) is 33.4 Å². The van der Waals surface area contributed by atoms with E-state index in [1.165, 1.54) is 12.3 Å². The molecule has 1 aromatic carbocycles. The van der Waals surface area contributed by atoms with Crippen molar-refractivity contribution in [3.63, 3.8) is 0 Å². The lowest BCUT2D eigenvalue weighted by atomic mass is 10.1. The van der Waals surface area contributed by atoms with E-state index in [2.05, 4.69) is 20.0 Å². The number of pyridine rings is 1. The number of rotatable bonds is 7. The summed E-state index contributed by atoms with van der Waals surface area (Å²) >= 11 is 7.21. The monoisotopic (exact) mass is 547 g/mol. The van der Waals surface area contributed by atoms with Crippen molar-refractivity contribution in [3.8, 4) is 10.4 Å². The topological polar surface area (TPSA) is 127 Å². The molecule has 2 aromatic heterocycles. The largest absolute Gasteiger partial charge is 0.416 e. The normalized spacial score (nSPS) is 13.1. The molecule has 2 heterocycles. The quantitative estimate of drug-likeness (QED) is 0.361. The molecule has 0 aliphatic carbocycles. The van der Waals surface area contributed by atoms with Gasteiger partial charge in [-0.3, -0.25) is 9.52 Å². The van der Waals surface area contributed by atoms with Gasteiger partial charge in [-0.1, -0.05) is 36.8 Å². The summed E-state index contributed by atoms with van der Waals surface area (Å²) < 4.78 is 66.0. The van der Waals surface area contributed by atoms with E-state index >= 15 is 0 Å². The number of hydrogen-bond donors (Lipinski definition) is 3. The molecule has 188 valence electrons. The van der Waals surface area contributed by atoms with Gasteiger partial charge in [0.1, 0.15) is 0 Å². The van der Waals surface area contributed by atoms with Gasteiger partial charge < -0.3 is 11.1 Å². The molecule has 0 radical (unpaired) electrons. The molecule has 0 spiro atoms. The Bertz CT molecular complexity index is 1340. The first kappa shape index (κ1) is 26.9. The molecule has 0 bridgehead atoms. The van der Waals surface area contributed by atoms with Crippen LogP contribution in [-0.4, -0.2) is 30.3 Å². The van der Waals surface area contributed by atoms with Crippen LogP contribution < -0.4 is 15.8 Å². The lowest BCUT2D eigenvalue weighted by Crippen LogP contribution is -2.39. The summed E-state index contributed by atoms with van der Waals surface area (Å²) in [7, 11) is -4.26. The van der Waals surface area contributed by atoms with Gasteiger partial charge in [-0.2, -0.15) is 13.2 Å². The smallest absolute Gasteiger partial charge is 0.320 e. The Morgan fingerprint density at radius 3 is 2.40 bits per heavy atom. The number of benzene rings is 1. The Kier molecular flexibility index (Phi) is 7.74. The minimum atomic E-state index is -4.60. The van der Waals surface area contributed by atoms with Crippen LogP contribution in [0.2, 0.25) is 5.15 Å². The first-order valence-corrected chi connectivity index (χ1v) is 12.8. The molecule has 3 rings (SSSR count). The van der Waals surface area contributed by atoms with E-state index in [1.54, 1.807) is 6.92 Å². The van der Waals surface area contributed by atoms with Crippen LogP contribution in [0.15, 0.2) is 41.4 Å². The van der Waals surface area contributed by atoms with Gasteiger partial charge in [0.2, 0.25) is 5.91 Å². The van der Waals surface area contributed by atoms with Crippen LogP contribution in [-0.2, 0) is 21.0 Å². The summed E-state index contributed by atoms with van der Waals surface area (Å²) in [6, 6.07) is 3.74. The fourth-order valence-electron chi connectivity index (χ4n) is 2.88. The first-order chi connectivity index (χ1) is 16.2. The molecule has 35 heavy (non-hydrogen) atoms. The van der Waals surface area contributed by atoms with Gasteiger partial charge in [0.15, 0.2) is 10.3 Å². The van der Waals surface area contributed by atoms with Crippen molar-refractivity contribution in [2.45, 2.75) is 37.9 Å². The van der Waals surface area contributed by atoms with E-state index in [0.717, 1.165) is 23.5 Å². The Morgan fingerprint density at radius 2 is 1.83 bits per heavy atom. The Labute approximate surface area is 208 Å². The highest BCUT2D eigenvalue weighted by Gasteiger charge is 2.31. The summed E-state index contributed by atoms with van der Waals surface area (Å²) in [5.41, 5.74) is 5.81.